The molecule has 0 spiro atoms. The predicted molar refractivity (Wildman–Crippen MR) is 240 cm³/mol. The van der Waals surface area contributed by atoms with Crippen LogP contribution in [0.15, 0.2) is 17.8 Å². The maximum atomic E-state index is 12.3. The van der Waals surface area contributed by atoms with Gasteiger partial charge in [0, 0.05) is 30.8 Å². The van der Waals surface area contributed by atoms with Crippen molar-refractivity contribution in [2.75, 3.05) is 104 Å². The van der Waals surface area contributed by atoms with E-state index < -0.39 is 72.9 Å². The number of phosphoric acid groups is 3. The minimum Gasteiger partial charge on any atom is -0.387 e. The van der Waals surface area contributed by atoms with Gasteiger partial charge in [0.1, 0.15) is 30.2 Å². The molecule has 29 nitrogen and oxygen atoms in total. The van der Waals surface area contributed by atoms with Crippen molar-refractivity contribution in [3.05, 3.63) is 23.1 Å². The SMILES string of the molecule is CCN(CC)CC.CCN(CC)CC.[N-]=[N+]=NCCOCCOCCOCCNC(=O)CCCC(=O)OP(=O)(O)OP(=O)(O)OP(=O)(O)OCC1OC(n2cnc3c(N)ncnc32)C(O)C1O. The van der Waals surface area contributed by atoms with Gasteiger partial charge < -0.3 is 64.3 Å². The van der Waals surface area contributed by atoms with Crippen molar-refractivity contribution in [2.24, 2.45) is 5.11 Å². The molecule has 2 aromatic rings. The number of ether oxygens (including phenoxy) is 4. The van der Waals surface area contributed by atoms with Gasteiger partial charge >= 0.3 is 29.4 Å². The molecule has 1 saturated heterocycles. The van der Waals surface area contributed by atoms with Crippen LogP contribution >= 0.6 is 23.5 Å². The third-order valence-corrected chi connectivity index (χ3v) is 13.4. The van der Waals surface area contributed by atoms with Crippen LogP contribution in [0, 0.1) is 0 Å². The van der Waals surface area contributed by atoms with Gasteiger partial charge in [0.05, 0.1) is 52.6 Å². The Kier molecular flexibility index (Phi) is 30.7. The number of nitrogen functional groups attached to an aromatic ring is 1. The van der Waals surface area contributed by atoms with E-state index in [1.165, 1.54) is 50.2 Å². The van der Waals surface area contributed by atoms with Crippen LogP contribution in [-0.4, -0.2) is 183 Å². The highest BCUT2D eigenvalue weighted by molar-refractivity contribution is 7.67. The fourth-order valence-corrected chi connectivity index (χ4v) is 9.07. The number of nitrogens with two attached hydrogens (primary N) is 1. The molecule has 3 heterocycles. The molecule has 8 N–H and O–H groups in total. The number of anilines is 1. The Morgan fingerprint density at radius 3 is 1.93 bits per heavy atom. The van der Waals surface area contributed by atoms with Crippen molar-refractivity contribution in [2.45, 2.75) is 85.3 Å². The van der Waals surface area contributed by atoms with Gasteiger partial charge in [0.2, 0.25) is 5.91 Å². The molecule has 67 heavy (non-hydrogen) atoms. The molecular formula is C35H68N11O18P3. The summed E-state index contributed by atoms with van der Waals surface area (Å²) in [6.45, 7) is 21.1. The Labute approximate surface area is 389 Å². The second kappa shape index (κ2) is 33.3. The number of carbonyl (C=O) groups is 2. The van der Waals surface area contributed by atoms with Crippen LogP contribution in [0.25, 0.3) is 21.6 Å². The van der Waals surface area contributed by atoms with Crippen LogP contribution in [0.2, 0.25) is 0 Å². The second-order valence-corrected chi connectivity index (χ2v) is 18.2. The molecule has 0 bridgehead atoms. The number of imidazole rings is 1. The van der Waals surface area contributed by atoms with Crippen LogP contribution in [0.5, 0.6) is 0 Å². The summed E-state index contributed by atoms with van der Waals surface area (Å²) in [6.07, 6.45) is -5.04. The molecule has 1 aliphatic rings. The molecule has 1 fully saturated rings. The minimum absolute atomic E-state index is 0.0111. The van der Waals surface area contributed by atoms with Crippen LogP contribution < -0.4 is 11.1 Å². The second-order valence-electron chi connectivity index (χ2n) is 13.7. The first-order valence-corrected chi connectivity index (χ1v) is 25.9. The van der Waals surface area contributed by atoms with Gasteiger partial charge in [-0.2, -0.15) is 8.62 Å². The zero-order chi connectivity index (χ0) is 50.5. The number of fused-ring (bicyclic) bond motifs is 1. The van der Waals surface area contributed by atoms with Crippen LogP contribution in [-0.2, 0) is 59.9 Å². The summed E-state index contributed by atoms with van der Waals surface area (Å²) in [7, 11) is -17.3. The molecule has 1 aliphatic heterocycles. The molecule has 0 saturated carbocycles. The zero-order valence-corrected chi connectivity index (χ0v) is 41.4. The van der Waals surface area contributed by atoms with Gasteiger partial charge in [-0.15, -0.1) is 0 Å². The molecule has 0 aliphatic carbocycles. The van der Waals surface area contributed by atoms with E-state index in [2.05, 4.69) is 99.3 Å². The average Bonchev–Trinajstić information content (AvgIpc) is 3.82. The molecular weight excluding hydrogens is 955 g/mol. The maximum Gasteiger partial charge on any atom is 0.538 e. The maximum absolute atomic E-state index is 12.3. The number of nitrogens with one attached hydrogen (secondary N) is 1. The van der Waals surface area contributed by atoms with E-state index in [1.54, 1.807) is 0 Å². The Morgan fingerprint density at radius 2 is 1.37 bits per heavy atom. The third kappa shape index (κ3) is 25.2. The number of hydrogen-bond acceptors (Lipinski definition) is 22. The van der Waals surface area contributed by atoms with Gasteiger partial charge in [0.25, 0.3) is 0 Å². The van der Waals surface area contributed by atoms with E-state index in [9.17, 15) is 48.2 Å². The number of azide groups is 1. The first-order valence-electron chi connectivity index (χ1n) is 21.4. The summed E-state index contributed by atoms with van der Waals surface area (Å²) in [4.78, 5) is 72.4. The van der Waals surface area contributed by atoms with E-state index in [0.717, 1.165) is 6.33 Å². The first kappa shape index (κ1) is 61.7. The minimum atomic E-state index is -5.96. The largest absolute Gasteiger partial charge is 0.538 e. The number of hydrogen-bond donors (Lipinski definition) is 7. The number of nitrogens with zero attached hydrogens (tertiary/aromatic N) is 9. The van der Waals surface area contributed by atoms with E-state index in [-0.39, 0.29) is 69.3 Å². The Bertz CT molecular complexity index is 1900. The van der Waals surface area contributed by atoms with Gasteiger partial charge in [-0.1, -0.05) is 46.7 Å². The van der Waals surface area contributed by atoms with E-state index in [1.807, 2.05) is 0 Å². The predicted octanol–water partition coefficient (Wildman–Crippen LogP) is 2.26. The fraction of sp³-hybridized carbons (Fsp3) is 0.800. The number of phosphoric ester groups is 2. The summed E-state index contributed by atoms with van der Waals surface area (Å²) in [6, 6.07) is 0. The Hall–Kier alpha value is -3.27. The first-order chi connectivity index (χ1) is 31.7. The number of aromatic nitrogens is 4. The lowest BCUT2D eigenvalue weighted by molar-refractivity contribution is -0.135. The number of aliphatic hydroxyl groups is 2. The summed E-state index contributed by atoms with van der Waals surface area (Å²) in [5.41, 5.74) is 14.1. The van der Waals surface area contributed by atoms with Crippen molar-refractivity contribution < 1.29 is 84.8 Å². The lowest BCUT2D eigenvalue weighted by Gasteiger charge is -2.20. The Morgan fingerprint density at radius 1 is 0.821 bits per heavy atom. The van der Waals surface area contributed by atoms with Crippen LogP contribution in [0.1, 0.15) is 67.0 Å². The van der Waals surface area contributed by atoms with Gasteiger partial charge in [-0.3, -0.25) is 23.6 Å². The lowest BCUT2D eigenvalue weighted by Crippen LogP contribution is -2.33. The van der Waals surface area contributed by atoms with Gasteiger partial charge in [0.15, 0.2) is 17.7 Å². The van der Waals surface area contributed by atoms with E-state index in [4.69, 9.17) is 30.2 Å². The topological polar surface area (TPSA) is 397 Å². The summed E-state index contributed by atoms with van der Waals surface area (Å²) < 4.78 is 75.6. The smallest absolute Gasteiger partial charge is 0.387 e. The number of rotatable bonds is 31. The number of aliphatic hydroxyl groups excluding tert-OH is 2. The van der Waals surface area contributed by atoms with Gasteiger partial charge in [-0.25, -0.2) is 28.6 Å². The fourth-order valence-electron chi connectivity index (χ4n) is 5.59. The van der Waals surface area contributed by atoms with Gasteiger partial charge in [-0.05, 0) is 51.2 Å². The molecule has 7 atom stereocenters. The highest BCUT2D eigenvalue weighted by atomic mass is 31.3. The van der Waals surface area contributed by atoms with Crippen LogP contribution in [0.3, 0.4) is 0 Å². The molecule has 0 aromatic carbocycles. The van der Waals surface area contributed by atoms with Crippen molar-refractivity contribution >= 4 is 52.3 Å². The highest BCUT2D eigenvalue weighted by Crippen LogP contribution is 2.67. The molecule has 0 radical (unpaired) electrons. The summed E-state index contributed by atoms with van der Waals surface area (Å²) >= 11 is 0. The molecule has 2 aromatic heterocycles. The molecule has 32 heteroatoms. The number of carbonyl (C=O) groups excluding carboxylic acids is 2. The van der Waals surface area contributed by atoms with Crippen molar-refractivity contribution in [1.29, 1.82) is 0 Å². The van der Waals surface area contributed by atoms with Crippen molar-refractivity contribution in [1.82, 2.24) is 34.6 Å². The molecule has 7 unspecified atom stereocenters. The van der Waals surface area contributed by atoms with Crippen molar-refractivity contribution in [3.8, 4) is 0 Å². The monoisotopic (exact) mass is 1020 g/mol. The lowest BCUT2D eigenvalue weighted by atomic mass is 10.1. The van der Waals surface area contributed by atoms with E-state index in [0.29, 0.717) is 13.2 Å². The standard InChI is InChI=1S/C23H38N9O18P3.2C6H15N/c24-21-18-22(28-13-27-21)32(14-29-18)23-20(36)19(35)15(47-23)12-46-51(37,38)49-53(41,42)50-52(39,40)48-17(34)3-1-2-16(33)26-4-6-43-8-10-45-11-9-44-7-5-30-31-25;2*1-4-7(5-2)6-3/h13-15,19-20,23,35-36H,1-12H2,(H,26,33)(H,37,38)(H,39,40)(H,41,42)(H2,24,27,28);2*4-6H2,1-3H3. The third-order valence-electron chi connectivity index (χ3n) is 9.21. The number of amides is 1. The highest BCUT2D eigenvalue weighted by Gasteiger charge is 2.47. The molecule has 386 valence electrons. The summed E-state index contributed by atoms with van der Waals surface area (Å²) in [5.74, 6) is -1.92. The molecule has 1 amide bonds. The van der Waals surface area contributed by atoms with Crippen LogP contribution in [0.4, 0.5) is 5.82 Å². The normalized spacial score (nSPS) is 19.5. The molecule has 3 rings (SSSR count). The quantitative estimate of drug-likeness (QED) is 0.0187. The zero-order valence-electron chi connectivity index (χ0n) is 38.7. The van der Waals surface area contributed by atoms with Crippen molar-refractivity contribution in [3.63, 3.8) is 0 Å². The van der Waals surface area contributed by atoms with E-state index >= 15 is 0 Å². The Balaban J connectivity index is 0.00000138. The average molecular weight is 1020 g/mol. The summed E-state index contributed by atoms with van der Waals surface area (Å²) in [5, 5.41) is 26.7.